The molecule has 1 saturated carbocycles. The number of carboxylic acids is 1. The molecule has 0 saturated heterocycles. The SMILES string of the molecule is CC(c1ccc(C(=O)O)o1)N(C)C1CCCC1. The van der Waals surface area contributed by atoms with Crippen molar-refractivity contribution in [3.63, 3.8) is 0 Å². The van der Waals surface area contributed by atoms with Gasteiger partial charge in [0.2, 0.25) is 5.76 Å². The lowest BCUT2D eigenvalue weighted by Crippen LogP contribution is -2.31. The van der Waals surface area contributed by atoms with Gasteiger partial charge in [-0.05, 0) is 38.9 Å². The molecule has 1 fully saturated rings. The van der Waals surface area contributed by atoms with Gasteiger partial charge in [0.25, 0.3) is 0 Å². The van der Waals surface area contributed by atoms with E-state index < -0.39 is 5.97 Å². The molecule has 1 aliphatic carbocycles. The van der Waals surface area contributed by atoms with Crippen molar-refractivity contribution >= 4 is 5.97 Å². The molecule has 94 valence electrons. The van der Waals surface area contributed by atoms with Crippen molar-refractivity contribution in [2.24, 2.45) is 0 Å². The Morgan fingerprint density at radius 2 is 2.12 bits per heavy atom. The van der Waals surface area contributed by atoms with Gasteiger partial charge in [-0.2, -0.15) is 0 Å². The minimum Gasteiger partial charge on any atom is -0.475 e. The van der Waals surface area contributed by atoms with E-state index in [-0.39, 0.29) is 11.8 Å². The van der Waals surface area contributed by atoms with Crippen LogP contribution in [0.3, 0.4) is 0 Å². The van der Waals surface area contributed by atoms with Crippen LogP contribution in [0.25, 0.3) is 0 Å². The van der Waals surface area contributed by atoms with Crippen LogP contribution in [0.2, 0.25) is 0 Å². The Morgan fingerprint density at radius 1 is 1.47 bits per heavy atom. The van der Waals surface area contributed by atoms with Gasteiger partial charge in [0, 0.05) is 6.04 Å². The molecule has 0 aliphatic heterocycles. The summed E-state index contributed by atoms with van der Waals surface area (Å²) in [5.41, 5.74) is 0. The van der Waals surface area contributed by atoms with E-state index in [1.165, 1.54) is 31.7 Å². The Kier molecular flexibility index (Phi) is 3.52. The van der Waals surface area contributed by atoms with Crippen molar-refractivity contribution in [1.29, 1.82) is 0 Å². The summed E-state index contributed by atoms with van der Waals surface area (Å²) in [5, 5.41) is 8.82. The molecule has 0 aromatic carbocycles. The minimum absolute atomic E-state index is 0.0201. The van der Waals surface area contributed by atoms with Gasteiger partial charge in [-0.15, -0.1) is 0 Å². The predicted octanol–water partition coefficient (Wildman–Crippen LogP) is 2.91. The summed E-state index contributed by atoms with van der Waals surface area (Å²) < 4.78 is 5.35. The van der Waals surface area contributed by atoms with Crippen molar-refractivity contribution in [2.75, 3.05) is 7.05 Å². The first-order chi connectivity index (χ1) is 8.09. The van der Waals surface area contributed by atoms with Crippen LogP contribution in [0.1, 0.15) is 55.0 Å². The van der Waals surface area contributed by atoms with Crippen molar-refractivity contribution in [1.82, 2.24) is 4.90 Å². The Morgan fingerprint density at radius 3 is 2.65 bits per heavy atom. The van der Waals surface area contributed by atoms with E-state index in [0.29, 0.717) is 6.04 Å². The Bertz CT molecular complexity index is 393. The summed E-state index contributed by atoms with van der Waals surface area (Å²) in [5.74, 6) is -0.254. The molecule has 2 rings (SSSR count). The molecule has 1 atom stereocenters. The fourth-order valence-corrected chi connectivity index (χ4v) is 2.52. The number of carbonyl (C=O) groups is 1. The zero-order chi connectivity index (χ0) is 12.4. The van der Waals surface area contributed by atoms with E-state index in [9.17, 15) is 4.79 Å². The van der Waals surface area contributed by atoms with E-state index in [1.54, 1.807) is 6.07 Å². The zero-order valence-corrected chi connectivity index (χ0v) is 10.3. The highest BCUT2D eigenvalue weighted by atomic mass is 16.4. The monoisotopic (exact) mass is 237 g/mol. The standard InChI is InChI=1S/C13H19NO3/c1-9(14(2)10-5-3-4-6-10)11-7-8-12(17-11)13(15)16/h7-10H,3-6H2,1-2H3,(H,15,16). The number of furan rings is 1. The summed E-state index contributed by atoms with van der Waals surface area (Å²) in [7, 11) is 2.09. The maximum atomic E-state index is 10.8. The van der Waals surface area contributed by atoms with E-state index in [4.69, 9.17) is 9.52 Å². The summed E-state index contributed by atoms with van der Waals surface area (Å²) in [6.07, 6.45) is 5.04. The van der Waals surface area contributed by atoms with Crippen molar-refractivity contribution in [2.45, 2.75) is 44.7 Å². The van der Waals surface area contributed by atoms with Crippen LogP contribution >= 0.6 is 0 Å². The van der Waals surface area contributed by atoms with Gasteiger partial charge >= 0.3 is 5.97 Å². The van der Waals surface area contributed by atoms with Gasteiger partial charge in [-0.25, -0.2) is 4.79 Å². The summed E-state index contributed by atoms with van der Waals surface area (Å²) in [4.78, 5) is 13.0. The minimum atomic E-state index is -1.01. The molecule has 17 heavy (non-hydrogen) atoms. The molecule has 1 aliphatic rings. The lowest BCUT2D eigenvalue weighted by Gasteiger charge is -2.29. The fourth-order valence-electron chi connectivity index (χ4n) is 2.52. The smallest absolute Gasteiger partial charge is 0.371 e. The van der Waals surface area contributed by atoms with E-state index >= 15 is 0 Å². The molecule has 4 heteroatoms. The average molecular weight is 237 g/mol. The molecule has 1 aromatic heterocycles. The number of carboxylic acid groups (broad SMARTS) is 1. The van der Waals surface area contributed by atoms with Crippen molar-refractivity contribution in [3.8, 4) is 0 Å². The molecule has 1 aromatic rings. The van der Waals surface area contributed by atoms with Crippen molar-refractivity contribution < 1.29 is 14.3 Å². The van der Waals surface area contributed by atoms with Crippen LogP contribution in [-0.2, 0) is 0 Å². The fraction of sp³-hybridized carbons (Fsp3) is 0.615. The van der Waals surface area contributed by atoms with E-state index in [2.05, 4.69) is 18.9 Å². The predicted molar refractivity (Wildman–Crippen MR) is 64.1 cm³/mol. The van der Waals surface area contributed by atoms with Crippen LogP contribution in [0.5, 0.6) is 0 Å². The molecule has 1 heterocycles. The third kappa shape index (κ3) is 2.52. The van der Waals surface area contributed by atoms with Crippen LogP contribution < -0.4 is 0 Å². The van der Waals surface area contributed by atoms with Gasteiger partial charge < -0.3 is 9.52 Å². The quantitative estimate of drug-likeness (QED) is 0.874. The molecule has 4 nitrogen and oxygen atoms in total. The molecule has 1 N–H and O–H groups in total. The number of nitrogens with zero attached hydrogens (tertiary/aromatic N) is 1. The Hall–Kier alpha value is -1.29. The summed E-state index contributed by atoms with van der Waals surface area (Å²) in [6.45, 7) is 2.06. The first-order valence-corrected chi connectivity index (χ1v) is 6.14. The maximum Gasteiger partial charge on any atom is 0.371 e. The highest BCUT2D eigenvalue weighted by Gasteiger charge is 2.26. The average Bonchev–Trinajstić information content (AvgIpc) is 2.97. The van der Waals surface area contributed by atoms with E-state index in [0.717, 1.165) is 5.76 Å². The highest BCUT2D eigenvalue weighted by molar-refractivity contribution is 5.84. The molecular formula is C13H19NO3. The Labute approximate surface area is 101 Å². The highest BCUT2D eigenvalue weighted by Crippen LogP contribution is 2.30. The third-order valence-electron chi connectivity index (χ3n) is 3.76. The van der Waals surface area contributed by atoms with Gasteiger partial charge in [0.1, 0.15) is 5.76 Å². The molecular weight excluding hydrogens is 218 g/mol. The largest absolute Gasteiger partial charge is 0.475 e. The molecule has 0 spiro atoms. The van der Waals surface area contributed by atoms with Crippen LogP contribution in [0.15, 0.2) is 16.5 Å². The maximum absolute atomic E-state index is 10.8. The summed E-state index contributed by atoms with van der Waals surface area (Å²) >= 11 is 0. The molecule has 1 unspecified atom stereocenters. The third-order valence-corrected chi connectivity index (χ3v) is 3.76. The normalized spacial score (nSPS) is 18.8. The Balaban J connectivity index is 2.06. The molecule has 0 bridgehead atoms. The van der Waals surface area contributed by atoms with Gasteiger partial charge in [-0.1, -0.05) is 12.8 Å². The van der Waals surface area contributed by atoms with Crippen LogP contribution in [0, 0.1) is 0 Å². The first-order valence-electron chi connectivity index (χ1n) is 6.14. The van der Waals surface area contributed by atoms with Crippen LogP contribution in [0.4, 0.5) is 0 Å². The topological polar surface area (TPSA) is 53.7 Å². The van der Waals surface area contributed by atoms with Gasteiger partial charge in [0.15, 0.2) is 0 Å². The van der Waals surface area contributed by atoms with E-state index in [1.807, 2.05) is 0 Å². The second-order valence-electron chi connectivity index (χ2n) is 4.79. The second kappa shape index (κ2) is 4.92. The number of hydrogen-bond donors (Lipinski definition) is 1. The first kappa shape index (κ1) is 12.2. The number of aromatic carboxylic acids is 1. The number of hydrogen-bond acceptors (Lipinski definition) is 3. The molecule has 0 amide bonds. The zero-order valence-electron chi connectivity index (χ0n) is 10.3. The summed E-state index contributed by atoms with van der Waals surface area (Å²) in [6, 6.07) is 4.02. The lowest BCUT2D eigenvalue weighted by atomic mass is 10.1. The second-order valence-corrected chi connectivity index (χ2v) is 4.79. The van der Waals surface area contributed by atoms with Gasteiger partial charge in [0.05, 0.1) is 6.04 Å². The van der Waals surface area contributed by atoms with Crippen molar-refractivity contribution in [3.05, 3.63) is 23.7 Å². The number of rotatable bonds is 4. The van der Waals surface area contributed by atoms with Gasteiger partial charge in [-0.3, -0.25) is 4.90 Å². The lowest BCUT2D eigenvalue weighted by molar-refractivity contribution is 0.0655. The molecule has 0 radical (unpaired) electrons. The van der Waals surface area contributed by atoms with Crippen LogP contribution in [-0.4, -0.2) is 29.1 Å².